The van der Waals surface area contributed by atoms with Crippen LogP contribution in [0.2, 0.25) is 0 Å². The maximum atomic E-state index is 3.74. The van der Waals surface area contributed by atoms with Gasteiger partial charge in [0.2, 0.25) is 0 Å². The minimum absolute atomic E-state index is 0.632. The lowest BCUT2D eigenvalue weighted by atomic mass is 10.0. The summed E-state index contributed by atoms with van der Waals surface area (Å²) in [4.78, 5) is 0.632. The Kier molecular flexibility index (Phi) is 5.24. The monoisotopic (exact) mass is 254 g/mol. The smallest absolute Gasteiger partial charge is 0.0186 e. The zero-order valence-corrected chi connectivity index (χ0v) is 10.6. The summed E-state index contributed by atoms with van der Waals surface area (Å²) in [5, 5.41) is 0. The fraction of sp³-hybridized carbons (Fsp3) is 0.538. The van der Waals surface area contributed by atoms with Crippen LogP contribution in [0.3, 0.4) is 0 Å². The standard InChI is InChI=1S/C13H19Br/c1-11(2)8-9-13(14)10-12-6-4-3-5-7-12/h3-7,11,13H,8-10H2,1-2H3. The first kappa shape index (κ1) is 11.8. The summed E-state index contributed by atoms with van der Waals surface area (Å²) >= 11 is 3.74. The van der Waals surface area contributed by atoms with Crippen molar-refractivity contribution in [1.82, 2.24) is 0 Å². The molecule has 1 heteroatoms. The molecule has 1 aromatic carbocycles. The molecule has 0 aliphatic heterocycles. The minimum atomic E-state index is 0.632. The highest BCUT2D eigenvalue weighted by molar-refractivity contribution is 9.09. The number of alkyl halides is 1. The molecule has 0 N–H and O–H groups in total. The van der Waals surface area contributed by atoms with E-state index in [1.165, 1.54) is 18.4 Å². The molecule has 1 unspecified atom stereocenters. The predicted octanol–water partition coefficient (Wildman–Crippen LogP) is 4.43. The summed E-state index contributed by atoms with van der Waals surface area (Å²) in [5.74, 6) is 0.811. The molecule has 78 valence electrons. The zero-order valence-electron chi connectivity index (χ0n) is 9.04. The number of benzene rings is 1. The molecule has 0 saturated carbocycles. The van der Waals surface area contributed by atoms with Crippen LogP contribution in [0.15, 0.2) is 30.3 Å². The Labute approximate surface area is 95.9 Å². The average molecular weight is 255 g/mol. The first-order chi connectivity index (χ1) is 6.68. The van der Waals surface area contributed by atoms with Gasteiger partial charge in [0, 0.05) is 4.83 Å². The van der Waals surface area contributed by atoms with E-state index in [4.69, 9.17) is 0 Å². The minimum Gasteiger partial charge on any atom is -0.0887 e. The summed E-state index contributed by atoms with van der Waals surface area (Å²) in [6.45, 7) is 4.56. The molecule has 0 amide bonds. The van der Waals surface area contributed by atoms with E-state index in [2.05, 4.69) is 60.1 Å². The second-order valence-corrected chi connectivity index (χ2v) is 5.55. The van der Waals surface area contributed by atoms with E-state index in [0.29, 0.717) is 4.83 Å². The van der Waals surface area contributed by atoms with E-state index in [1.807, 2.05) is 0 Å². The van der Waals surface area contributed by atoms with Crippen molar-refractivity contribution in [3.63, 3.8) is 0 Å². The molecule has 0 aromatic heterocycles. The highest BCUT2D eigenvalue weighted by Crippen LogP contribution is 2.17. The summed E-state index contributed by atoms with van der Waals surface area (Å²) < 4.78 is 0. The quantitative estimate of drug-likeness (QED) is 0.683. The van der Waals surface area contributed by atoms with Crippen LogP contribution in [0.25, 0.3) is 0 Å². The van der Waals surface area contributed by atoms with E-state index in [-0.39, 0.29) is 0 Å². The van der Waals surface area contributed by atoms with Crippen LogP contribution in [-0.4, -0.2) is 4.83 Å². The maximum Gasteiger partial charge on any atom is 0.0186 e. The molecule has 0 bridgehead atoms. The van der Waals surface area contributed by atoms with Crippen LogP contribution in [0.1, 0.15) is 32.3 Å². The van der Waals surface area contributed by atoms with Gasteiger partial charge in [-0.25, -0.2) is 0 Å². The van der Waals surface area contributed by atoms with Gasteiger partial charge < -0.3 is 0 Å². The zero-order chi connectivity index (χ0) is 10.4. The van der Waals surface area contributed by atoms with Gasteiger partial charge in [-0.2, -0.15) is 0 Å². The molecule has 0 aliphatic carbocycles. The van der Waals surface area contributed by atoms with Gasteiger partial charge in [0.25, 0.3) is 0 Å². The van der Waals surface area contributed by atoms with Gasteiger partial charge in [-0.15, -0.1) is 0 Å². The Bertz CT molecular complexity index is 241. The summed E-state index contributed by atoms with van der Waals surface area (Å²) in [6, 6.07) is 10.7. The molecule has 14 heavy (non-hydrogen) atoms. The third-order valence-corrected chi connectivity index (χ3v) is 3.14. The molecule has 1 atom stereocenters. The number of hydrogen-bond acceptors (Lipinski definition) is 0. The average Bonchev–Trinajstić information content (AvgIpc) is 2.16. The highest BCUT2D eigenvalue weighted by atomic mass is 79.9. The van der Waals surface area contributed by atoms with Gasteiger partial charge in [0.15, 0.2) is 0 Å². The Balaban J connectivity index is 2.30. The largest absolute Gasteiger partial charge is 0.0887 e. The Morgan fingerprint density at radius 3 is 2.29 bits per heavy atom. The number of hydrogen-bond donors (Lipinski definition) is 0. The molecule has 0 radical (unpaired) electrons. The molecule has 0 aliphatic rings. The van der Waals surface area contributed by atoms with Crippen LogP contribution >= 0.6 is 15.9 Å². The Morgan fingerprint density at radius 1 is 1.07 bits per heavy atom. The van der Waals surface area contributed by atoms with Gasteiger partial charge in [0.1, 0.15) is 0 Å². The number of rotatable bonds is 5. The molecule has 0 heterocycles. The van der Waals surface area contributed by atoms with Gasteiger partial charge in [-0.1, -0.05) is 60.1 Å². The molecule has 1 rings (SSSR count). The van der Waals surface area contributed by atoms with Gasteiger partial charge in [-0.05, 0) is 30.7 Å². The molecular weight excluding hydrogens is 236 g/mol. The fourth-order valence-electron chi connectivity index (χ4n) is 1.49. The van der Waals surface area contributed by atoms with Crippen LogP contribution in [0.4, 0.5) is 0 Å². The molecule has 0 saturated heterocycles. The van der Waals surface area contributed by atoms with Gasteiger partial charge >= 0.3 is 0 Å². The lowest BCUT2D eigenvalue weighted by molar-refractivity contribution is 0.547. The predicted molar refractivity (Wildman–Crippen MR) is 66.9 cm³/mol. The summed E-state index contributed by atoms with van der Waals surface area (Å²) in [6.07, 6.45) is 3.73. The van der Waals surface area contributed by atoms with E-state index in [0.717, 1.165) is 12.3 Å². The molecule has 0 nitrogen and oxygen atoms in total. The van der Waals surface area contributed by atoms with Crippen molar-refractivity contribution < 1.29 is 0 Å². The summed E-state index contributed by atoms with van der Waals surface area (Å²) in [7, 11) is 0. The second-order valence-electron chi connectivity index (χ2n) is 4.26. The van der Waals surface area contributed by atoms with Crippen molar-refractivity contribution in [3.05, 3.63) is 35.9 Å². The Hall–Kier alpha value is -0.300. The lowest BCUT2D eigenvalue weighted by Crippen LogP contribution is -2.04. The lowest BCUT2D eigenvalue weighted by Gasteiger charge is -2.11. The third-order valence-electron chi connectivity index (χ3n) is 2.36. The molecule has 0 spiro atoms. The van der Waals surface area contributed by atoms with Crippen molar-refractivity contribution in [2.24, 2.45) is 5.92 Å². The van der Waals surface area contributed by atoms with Gasteiger partial charge in [-0.3, -0.25) is 0 Å². The van der Waals surface area contributed by atoms with Crippen molar-refractivity contribution in [2.45, 2.75) is 37.9 Å². The van der Waals surface area contributed by atoms with Crippen LogP contribution in [0, 0.1) is 5.92 Å². The van der Waals surface area contributed by atoms with Crippen LogP contribution < -0.4 is 0 Å². The topological polar surface area (TPSA) is 0 Å². The first-order valence-corrected chi connectivity index (χ1v) is 6.28. The maximum absolute atomic E-state index is 3.74. The second kappa shape index (κ2) is 6.23. The normalized spacial score (nSPS) is 13.1. The summed E-state index contributed by atoms with van der Waals surface area (Å²) in [5.41, 5.74) is 1.43. The van der Waals surface area contributed by atoms with E-state index < -0.39 is 0 Å². The molecule has 1 aromatic rings. The van der Waals surface area contributed by atoms with Crippen molar-refractivity contribution >= 4 is 15.9 Å². The molecular formula is C13H19Br. The van der Waals surface area contributed by atoms with Crippen molar-refractivity contribution in [1.29, 1.82) is 0 Å². The highest BCUT2D eigenvalue weighted by Gasteiger charge is 2.06. The van der Waals surface area contributed by atoms with E-state index in [1.54, 1.807) is 0 Å². The van der Waals surface area contributed by atoms with E-state index in [9.17, 15) is 0 Å². The fourth-order valence-corrected chi connectivity index (χ4v) is 2.12. The first-order valence-electron chi connectivity index (χ1n) is 5.36. The third kappa shape index (κ3) is 4.80. The van der Waals surface area contributed by atoms with Crippen LogP contribution in [0.5, 0.6) is 0 Å². The molecule has 0 fully saturated rings. The van der Waals surface area contributed by atoms with E-state index >= 15 is 0 Å². The van der Waals surface area contributed by atoms with Crippen molar-refractivity contribution in [3.8, 4) is 0 Å². The van der Waals surface area contributed by atoms with Crippen molar-refractivity contribution in [2.75, 3.05) is 0 Å². The van der Waals surface area contributed by atoms with Crippen LogP contribution in [-0.2, 0) is 6.42 Å². The van der Waals surface area contributed by atoms with Gasteiger partial charge in [0.05, 0.1) is 0 Å². The Morgan fingerprint density at radius 2 is 1.71 bits per heavy atom. The SMILES string of the molecule is CC(C)CCC(Br)Cc1ccccc1. The number of halogens is 1.